The van der Waals surface area contributed by atoms with Gasteiger partial charge in [0.2, 0.25) is 0 Å². The highest BCUT2D eigenvalue weighted by molar-refractivity contribution is 5.90. The molecule has 2 aromatic heterocycles. The molecule has 0 bridgehead atoms. The van der Waals surface area contributed by atoms with E-state index in [-0.39, 0.29) is 6.03 Å². The van der Waals surface area contributed by atoms with E-state index in [1.54, 1.807) is 14.1 Å². The van der Waals surface area contributed by atoms with Crippen LogP contribution in [0.5, 0.6) is 0 Å². The lowest BCUT2D eigenvalue weighted by Crippen LogP contribution is -2.36. The number of urea groups is 1. The standard InChI is InChI=1S/C13H20N6O/c1-8-9(2)19(6-5-15-13(20)18(3)4)12-10(8)11(14)16-7-17-12/h7H,5-6H2,1-4H3,(H,15,20)(H2,14,16,17). The van der Waals surface area contributed by atoms with Crippen LogP contribution in [0.4, 0.5) is 10.6 Å². The Hall–Kier alpha value is -2.31. The molecule has 7 heteroatoms. The minimum atomic E-state index is -0.107. The molecule has 0 atom stereocenters. The Morgan fingerprint density at radius 3 is 2.75 bits per heavy atom. The van der Waals surface area contributed by atoms with E-state index in [2.05, 4.69) is 19.9 Å². The highest BCUT2D eigenvalue weighted by atomic mass is 16.2. The predicted molar refractivity (Wildman–Crippen MR) is 78.5 cm³/mol. The number of nitrogen functional groups attached to an aromatic ring is 1. The van der Waals surface area contributed by atoms with Gasteiger partial charge in [-0.15, -0.1) is 0 Å². The first-order valence-electron chi connectivity index (χ1n) is 6.44. The van der Waals surface area contributed by atoms with Gasteiger partial charge in [-0.3, -0.25) is 0 Å². The minimum Gasteiger partial charge on any atom is -0.383 e. The van der Waals surface area contributed by atoms with Gasteiger partial charge in [-0.1, -0.05) is 0 Å². The highest BCUT2D eigenvalue weighted by Crippen LogP contribution is 2.26. The molecule has 108 valence electrons. The van der Waals surface area contributed by atoms with Crippen molar-refractivity contribution in [2.75, 3.05) is 26.4 Å². The van der Waals surface area contributed by atoms with Gasteiger partial charge in [0.1, 0.15) is 17.8 Å². The fraction of sp³-hybridized carbons (Fsp3) is 0.462. The summed E-state index contributed by atoms with van der Waals surface area (Å²) in [5.74, 6) is 0.492. The Morgan fingerprint density at radius 1 is 1.40 bits per heavy atom. The van der Waals surface area contributed by atoms with Crippen LogP contribution in [0.25, 0.3) is 11.0 Å². The number of rotatable bonds is 3. The van der Waals surface area contributed by atoms with E-state index in [1.807, 2.05) is 13.8 Å². The summed E-state index contributed by atoms with van der Waals surface area (Å²) in [6.45, 7) is 5.20. The summed E-state index contributed by atoms with van der Waals surface area (Å²) in [4.78, 5) is 21.3. The summed E-state index contributed by atoms with van der Waals surface area (Å²) in [6.07, 6.45) is 1.46. The molecule has 0 aromatic carbocycles. The lowest BCUT2D eigenvalue weighted by atomic mass is 10.2. The molecule has 0 aliphatic carbocycles. The number of carbonyl (C=O) groups is 1. The third kappa shape index (κ3) is 2.38. The summed E-state index contributed by atoms with van der Waals surface area (Å²) >= 11 is 0. The third-order valence-electron chi connectivity index (χ3n) is 3.45. The van der Waals surface area contributed by atoms with Gasteiger partial charge in [0, 0.05) is 32.9 Å². The second-order valence-corrected chi connectivity index (χ2v) is 4.95. The van der Waals surface area contributed by atoms with Crippen molar-refractivity contribution >= 4 is 22.9 Å². The van der Waals surface area contributed by atoms with E-state index < -0.39 is 0 Å². The van der Waals surface area contributed by atoms with Crippen molar-refractivity contribution in [3.63, 3.8) is 0 Å². The Morgan fingerprint density at radius 2 is 2.10 bits per heavy atom. The van der Waals surface area contributed by atoms with Crippen molar-refractivity contribution in [1.82, 2.24) is 24.8 Å². The largest absolute Gasteiger partial charge is 0.383 e. The van der Waals surface area contributed by atoms with Gasteiger partial charge >= 0.3 is 6.03 Å². The van der Waals surface area contributed by atoms with E-state index in [4.69, 9.17) is 5.73 Å². The Labute approximate surface area is 117 Å². The van der Waals surface area contributed by atoms with Crippen molar-refractivity contribution in [3.05, 3.63) is 17.6 Å². The number of amides is 2. The molecule has 3 N–H and O–H groups in total. The van der Waals surface area contributed by atoms with Crippen molar-refractivity contribution < 1.29 is 4.79 Å². The molecule has 2 heterocycles. The zero-order chi connectivity index (χ0) is 14.9. The van der Waals surface area contributed by atoms with Gasteiger partial charge in [0.25, 0.3) is 0 Å². The maximum absolute atomic E-state index is 11.5. The van der Waals surface area contributed by atoms with Crippen molar-refractivity contribution in [3.8, 4) is 0 Å². The zero-order valence-corrected chi connectivity index (χ0v) is 12.3. The summed E-state index contributed by atoms with van der Waals surface area (Å²) < 4.78 is 2.05. The van der Waals surface area contributed by atoms with Gasteiger partial charge in [0.15, 0.2) is 0 Å². The molecule has 0 aliphatic heterocycles. The maximum atomic E-state index is 11.5. The van der Waals surface area contributed by atoms with Crippen LogP contribution in [-0.4, -0.2) is 46.1 Å². The molecule has 0 fully saturated rings. The van der Waals surface area contributed by atoms with E-state index in [1.165, 1.54) is 11.2 Å². The number of hydrogen-bond donors (Lipinski definition) is 2. The van der Waals surface area contributed by atoms with Crippen LogP contribution in [0.2, 0.25) is 0 Å². The number of aryl methyl sites for hydroxylation is 1. The Bertz CT molecular complexity index is 646. The lowest BCUT2D eigenvalue weighted by Gasteiger charge is -2.13. The Kier molecular flexibility index (Phi) is 3.78. The quantitative estimate of drug-likeness (QED) is 0.871. The fourth-order valence-electron chi connectivity index (χ4n) is 2.20. The molecular formula is C13H20N6O. The number of fused-ring (bicyclic) bond motifs is 1. The van der Waals surface area contributed by atoms with Crippen LogP contribution in [-0.2, 0) is 6.54 Å². The van der Waals surface area contributed by atoms with Gasteiger partial charge in [-0.2, -0.15) is 0 Å². The molecule has 2 rings (SSSR count). The number of nitrogens with one attached hydrogen (secondary N) is 1. The highest BCUT2D eigenvalue weighted by Gasteiger charge is 2.14. The Balaban J connectivity index is 2.25. The summed E-state index contributed by atoms with van der Waals surface area (Å²) in [5.41, 5.74) is 8.90. The number of hydrogen-bond acceptors (Lipinski definition) is 4. The van der Waals surface area contributed by atoms with Crippen molar-refractivity contribution in [2.24, 2.45) is 0 Å². The van der Waals surface area contributed by atoms with Crippen LogP contribution < -0.4 is 11.1 Å². The molecule has 20 heavy (non-hydrogen) atoms. The number of anilines is 1. The number of aromatic nitrogens is 3. The van der Waals surface area contributed by atoms with Crippen molar-refractivity contribution in [1.29, 1.82) is 0 Å². The van der Waals surface area contributed by atoms with Crippen LogP contribution in [0, 0.1) is 13.8 Å². The molecule has 0 radical (unpaired) electrons. The number of nitrogens with two attached hydrogens (primary N) is 1. The number of nitrogens with zero attached hydrogens (tertiary/aromatic N) is 4. The summed E-state index contributed by atoms with van der Waals surface area (Å²) in [5, 5.41) is 3.73. The normalized spacial score (nSPS) is 10.8. The van der Waals surface area contributed by atoms with Crippen molar-refractivity contribution in [2.45, 2.75) is 20.4 Å². The van der Waals surface area contributed by atoms with Crippen LogP contribution in [0.15, 0.2) is 6.33 Å². The molecule has 0 unspecified atom stereocenters. The average molecular weight is 276 g/mol. The minimum absolute atomic E-state index is 0.107. The molecule has 0 saturated carbocycles. The van der Waals surface area contributed by atoms with Gasteiger partial charge in [-0.05, 0) is 19.4 Å². The van der Waals surface area contributed by atoms with E-state index in [0.29, 0.717) is 18.9 Å². The molecule has 0 aliphatic rings. The number of carbonyl (C=O) groups excluding carboxylic acids is 1. The van der Waals surface area contributed by atoms with Crippen LogP contribution in [0.1, 0.15) is 11.3 Å². The SMILES string of the molecule is Cc1c(C)n(CCNC(=O)N(C)C)c2ncnc(N)c12. The first-order valence-corrected chi connectivity index (χ1v) is 6.44. The average Bonchev–Trinajstić information content (AvgIpc) is 2.64. The molecule has 2 aromatic rings. The molecule has 2 amide bonds. The topological polar surface area (TPSA) is 89.1 Å². The van der Waals surface area contributed by atoms with E-state index >= 15 is 0 Å². The van der Waals surface area contributed by atoms with E-state index in [0.717, 1.165) is 22.3 Å². The monoisotopic (exact) mass is 276 g/mol. The summed E-state index contributed by atoms with van der Waals surface area (Å²) in [6, 6.07) is -0.107. The third-order valence-corrected chi connectivity index (χ3v) is 3.45. The molecule has 7 nitrogen and oxygen atoms in total. The second kappa shape index (κ2) is 5.36. The smallest absolute Gasteiger partial charge is 0.316 e. The molecular weight excluding hydrogens is 256 g/mol. The zero-order valence-electron chi connectivity index (χ0n) is 12.3. The van der Waals surface area contributed by atoms with Crippen LogP contribution >= 0.6 is 0 Å². The lowest BCUT2D eigenvalue weighted by molar-refractivity contribution is 0.217. The van der Waals surface area contributed by atoms with Gasteiger partial charge < -0.3 is 20.5 Å². The second-order valence-electron chi connectivity index (χ2n) is 4.95. The van der Waals surface area contributed by atoms with Gasteiger partial charge in [0.05, 0.1) is 5.39 Å². The molecule has 0 saturated heterocycles. The van der Waals surface area contributed by atoms with E-state index in [9.17, 15) is 4.79 Å². The van der Waals surface area contributed by atoms with Gasteiger partial charge in [-0.25, -0.2) is 14.8 Å². The van der Waals surface area contributed by atoms with Crippen LogP contribution in [0.3, 0.4) is 0 Å². The first kappa shape index (κ1) is 14.1. The first-order chi connectivity index (χ1) is 9.43. The molecule has 0 spiro atoms. The predicted octanol–water partition coefficient (Wildman–Crippen LogP) is 0.902. The summed E-state index contributed by atoms with van der Waals surface area (Å²) in [7, 11) is 3.42. The fourth-order valence-corrected chi connectivity index (χ4v) is 2.20. The maximum Gasteiger partial charge on any atom is 0.316 e.